The zero-order valence-electron chi connectivity index (χ0n) is 13.1. The molecule has 2 heteroatoms. The van der Waals surface area contributed by atoms with Crippen molar-refractivity contribution in [2.75, 3.05) is 0 Å². The summed E-state index contributed by atoms with van der Waals surface area (Å²) in [6.45, 7) is 12.2. The summed E-state index contributed by atoms with van der Waals surface area (Å²) in [7, 11) is 0. The third-order valence-electron chi connectivity index (χ3n) is 6.11. The van der Waals surface area contributed by atoms with E-state index in [1.807, 2.05) is 19.9 Å². The van der Waals surface area contributed by atoms with Crippen LogP contribution in [0.15, 0.2) is 12.7 Å². The molecular formula is C18H28O2. The summed E-state index contributed by atoms with van der Waals surface area (Å²) in [6.07, 6.45) is 8.61. The number of aliphatic hydroxyl groups is 2. The van der Waals surface area contributed by atoms with Crippen molar-refractivity contribution in [3.63, 3.8) is 0 Å². The van der Waals surface area contributed by atoms with Crippen molar-refractivity contribution in [2.24, 2.45) is 35.0 Å². The molecule has 0 heterocycles. The SMILES string of the molecule is C#C[C@]1(O)[C@@H]([C@H](O)[C@H](C)CC=C)[C@@H]2[C@@H](C[C@H]1C)C2(C)C. The molecule has 2 fully saturated rings. The maximum Gasteiger partial charge on any atom is 0.133 e. The Bertz CT molecular complexity index is 433. The first-order valence-corrected chi connectivity index (χ1v) is 7.70. The number of hydrogen-bond acceptors (Lipinski definition) is 2. The van der Waals surface area contributed by atoms with Gasteiger partial charge in [-0.3, -0.25) is 0 Å². The number of rotatable bonds is 4. The van der Waals surface area contributed by atoms with E-state index in [9.17, 15) is 10.2 Å². The highest BCUT2D eigenvalue weighted by atomic mass is 16.3. The molecule has 7 atom stereocenters. The maximum atomic E-state index is 11.0. The van der Waals surface area contributed by atoms with Gasteiger partial charge in [-0.05, 0) is 41.9 Å². The third-order valence-corrected chi connectivity index (χ3v) is 6.11. The molecule has 2 aliphatic carbocycles. The first-order valence-electron chi connectivity index (χ1n) is 7.70. The molecule has 0 saturated heterocycles. The lowest BCUT2D eigenvalue weighted by molar-refractivity contribution is -0.108. The van der Waals surface area contributed by atoms with Crippen molar-refractivity contribution < 1.29 is 10.2 Å². The number of aliphatic hydroxyl groups excluding tert-OH is 1. The van der Waals surface area contributed by atoms with Crippen molar-refractivity contribution in [3.05, 3.63) is 12.7 Å². The second-order valence-electron chi connectivity index (χ2n) is 7.58. The van der Waals surface area contributed by atoms with Gasteiger partial charge in [-0.1, -0.05) is 39.7 Å². The highest BCUT2D eigenvalue weighted by Crippen LogP contribution is 2.70. The quantitative estimate of drug-likeness (QED) is 0.612. The molecule has 0 aromatic carbocycles. The van der Waals surface area contributed by atoms with E-state index in [-0.39, 0.29) is 23.2 Å². The lowest BCUT2D eigenvalue weighted by Gasteiger charge is -2.44. The molecule has 0 aromatic heterocycles. The maximum absolute atomic E-state index is 11.0. The molecule has 2 nitrogen and oxygen atoms in total. The summed E-state index contributed by atoms with van der Waals surface area (Å²) in [5.41, 5.74) is -1.01. The Labute approximate surface area is 123 Å². The van der Waals surface area contributed by atoms with Gasteiger partial charge in [0.1, 0.15) is 5.60 Å². The fourth-order valence-corrected chi connectivity index (χ4v) is 4.58. The van der Waals surface area contributed by atoms with E-state index >= 15 is 0 Å². The van der Waals surface area contributed by atoms with E-state index in [1.54, 1.807) is 0 Å². The van der Waals surface area contributed by atoms with E-state index in [2.05, 4.69) is 26.3 Å². The lowest BCUT2D eigenvalue weighted by Crippen LogP contribution is -2.53. The second-order valence-corrected chi connectivity index (χ2v) is 7.58. The highest BCUT2D eigenvalue weighted by Gasteiger charge is 2.70. The predicted molar refractivity (Wildman–Crippen MR) is 81.8 cm³/mol. The van der Waals surface area contributed by atoms with E-state index in [1.165, 1.54) is 0 Å². The van der Waals surface area contributed by atoms with Crippen LogP contribution in [-0.4, -0.2) is 21.9 Å². The zero-order chi connectivity index (χ0) is 15.3. The largest absolute Gasteiger partial charge is 0.392 e. The van der Waals surface area contributed by atoms with Crippen molar-refractivity contribution in [1.82, 2.24) is 0 Å². The van der Waals surface area contributed by atoms with Gasteiger partial charge in [0.25, 0.3) is 0 Å². The second kappa shape index (κ2) is 4.90. The van der Waals surface area contributed by atoms with Crippen LogP contribution in [0.4, 0.5) is 0 Å². The van der Waals surface area contributed by atoms with E-state index in [0.717, 1.165) is 12.8 Å². The van der Waals surface area contributed by atoms with Crippen molar-refractivity contribution >= 4 is 0 Å². The molecule has 0 spiro atoms. The average Bonchev–Trinajstić information content (AvgIpc) is 2.91. The van der Waals surface area contributed by atoms with Crippen molar-refractivity contribution in [3.8, 4) is 12.3 Å². The van der Waals surface area contributed by atoms with Crippen LogP contribution < -0.4 is 0 Å². The Morgan fingerprint density at radius 1 is 1.50 bits per heavy atom. The molecule has 2 saturated carbocycles. The van der Waals surface area contributed by atoms with Gasteiger partial charge in [0.15, 0.2) is 0 Å². The molecule has 20 heavy (non-hydrogen) atoms. The van der Waals surface area contributed by atoms with Crippen LogP contribution in [0.5, 0.6) is 0 Å². The molecule has 0 aliphatic heterocycles. The van der Waals surface area contributed by atoms with Crippen molar-refractivity contribution in [1.29, 1.82) is 0 Å². The van der Waals surface area contributed by atoms with Crippen LogP contribution in [0.2, 0.25) is 0 Å². The molecule has 0 bridgehead atoms. The molecule has 2 aliphatic rings. The fourth-order valence-electron chi connectivity index (χ4n) is 4.58. The Balaban J connectivity index is 2.34. The summed E-state index contributed by atoms with van der Waals surface area (Å²) in [6, 6.07) is 0. The summed E-state index contributed by atoms with van der Waals surface area (Å²) in [4.78, 5) is 0. The summed E-state index contributed by atoms with van der Waals surface area (Å²) in [5, 5.41) is 21.8. The first kappa shape index (κ1) is 15.6. The molecule has 0 amide bonds. The van der Waals surface area contributed by atoms with Gasteiger partial charge in [0, 0.05) is 5.92 Å². The smallest absolute Gasteiger partial charge is 0.133 e. The zero-order valence-corrected chi connectivity index (χ0v) is 13.1. The number of terminal acetylenes is 1. The summed E-state index contributed by atoms with van der Waals surface area (Å²) >= 11 is 0. The Hall–Kier alpha value is -0.780. The minimum absolute atomic E-state index is 0.0334. The fraction of sp³-hybridized carbons (Fsp3) is 0.778. The van der Waals surface area contributed by atoms with Crippen LogP contribution in [0.25, 0.3) is 0 Å². The van der Waals surface area contributed by atoms with Gasteiger partial charge in [0.05, 0.1) is 6.10 Å². The van der Waals surface area contributed by atoms with Crippen molar-refractivity contribution in [2.45, 2.75) is 52.2 Å². The predicted octanol–water partition coefficient (Wildman–Crippen LogP) is 2.85. The monoisotopic (exact) mass is 276 g/mol. The van der Waals surface area contributed by atoms with Gasteiger partial charge in [0.2, 0.25) is 0 Å². The average molecular weight is 276 g/mol. The van der Waals surface area contributed by atoms with Crippen LogP contribution in [0.1, 0.15) is 40.5 Å². The molecule has 112 valence electrons. The molecule has 0 aromatic rings. The number of hydrogen-bond donors (Lipinski definition) is 2. The molecule has 2 rings (SSSR count). The normalized spacial score (nSPS) is 44.9. The van der Waals surface area contributed by atoms with Crippen LogP contribution in [-0.2, 0) is 0 Å². The topological polar surface area (TPSA) is 40.5 Å². The Morgan fingerprint density at radius 2 is 2.10 bits per heavy atom. The third kappa shape index (κ3) is 2.03. The summed E-state index contributed by atoms with van der Waals surface area (Å²) in [5.74, 6) is 3.39. The van der Waals surface area contributed by atoms with Gasteiger partial charge in [-0.25, -0.2) is 0 Å². The van der Waals surface area contributed by atoms with Crippen LogP contribution in [0, 0.1) is 47.3 Å². The van der Waals surface area contributed by atoms with Gasteiger partial charge >= 0.3 is 0 Å². The summed E-state index contributed by atoms with van der Waals surface area (Å²) < 4.78 is 0. The Morgan fingerprint density at radius 3 is 2.60 bits per heavy atom. The minimum Gasteiger partial charge on any atom is -0.392 e. The Kier molecular flexibility index (Phi) is 3.82. The van der Waals surface area contributed by atoms with E-state index < -0.39 is 11.7 Å². The first-order chi connectivity index (χ1) is 9.21. The van der Waals surface area contributed by atoms with Crippen LogP contribution >= 0.6 is 0 Å². The molecule has 0 unspecified atom stereocenters. The number of fused-ring (bicyclic) bond motifs is 1. The standard InChI is InChI=1S/C18H28O2/c1-7-9-11(3)16(19)15-14-13(17(14,5)6)10-12(4)18(15,20)8-2/h2,7,11-16,19-20H,1,9-10H2,3-6H3/t11-,12-,13-,14+,15-,16-,18-/m1/s1. The van der Waals surface area contributed by atoms with Gasteiger partial charge < -0.3 is 10.2 Å². The van der Waals surface area contributed by atoms with E-state index in [4.69, 9.17) is 6.42 Å². The van der Waals surface area contributed by atoms with Gasteiger partial charge in [-0.2, -0.15) is 0 Å². The van der Waals surface area contributed by atoms with Crippen LogP contribution in [0.3, 0.4) is 0 Å². The molecule has 2 N–H and O–H groups in total. The highest BCUT2D eigenvalue weighted by molar-refractivity contribution is 5.26. The molecular weight excluding hydrogens is 248 g/mol. The minimum atomic E-state index is -1.19. The lowest BCUT2D eigenvalue weighted by atomic mass is 9.65. The molecule has 0 radical (unpaired) electrons. The van der Waals surface area contributed by atoms with E-state index in [0.29, 0.717) is 11.8 Å². The number of allylic oxidation sites excluding steroid dienone is 1. The van der Waals surface area contributed by atoms with Gasteiger partial charge in [-0.15, -0.1) is 13.0 Å².